The van der Waals surface area contributed by atoms with E-state index in [2.05, 4.69) is 20.7 Å². The number of hydrogen-bond acceptors (Lipinski definition) is 2. The van der Waals surface area contributed by atoms with Crippen LogP contribution in [0.4, 0.5) is 13.2 Å². The summed E-state index contributed by atoms with van der Waals surface area (Å²) >= 11 is 0. The van der Waals surface area contributed by atoms with E-state index in [0.717, 1.165) is 29.9 Å². The van der Waals surface area contributed by atoms with E-state index in [1.807, 2.05) is 25.6 Å². The van der Waals surface area contributed by atoms with Crippen LogP contribution in [-0.2, 0) is 26.2 Å². The van der Waals surface area contributed by atoms with Gasteiger partial charge in [-0.1, -0.05) is 12.1 Å². The Bertz CT molecular complexity index is 784. The molecule has 0 radical (unpaired) electrons. The fourth-order valence-electron chi connectivity index (χ4n) is 2.75. The third-order valence-corrected chi connectivity index (χ3v) is 4.26. The van der Waals surface area contributed by atoms with Gasteiger partial charge in [0.2, 0.25) is 0 Å². The fraction of sp³-hybridized carbons (Fsp3) is 0.444. The summed E-state index contributed by atoms with van der Waals surface area (Å²) in [4.78, 5) is 4.11. The summed E-state index contributed by atoms with van der Waals surface area (Å²) in [6.45, 7) is 4.91. The molecule has 0 atom stereocenters. The summed E-state index contributed by atoms with van der Waals surface area (Å²) in [5.41, 5.74) is 3.20. The molecular weight excluding hydrogens is 470 g/mol. The van der Waals surface area contributed by atoms with Gasteiger partial charge in [0.1, 0.15) is 0 Å². The molecule has 2 N–H and O–H groups in total. The Morgan fingerprint density at radius 1 is 1.22 bits per heavy atom. The Hall–Kier alpha value is -1.78. The van der Waals surface area contributed by atoms with Crippen LogP contribution in [0.1, 0.15) is 28.1 Å². The Morgan fingerprint density at radius 2 is 1.93 bits per heavy atom. The second-order valence-electron chi connectivity index (χ2n) is 6.07. The highest BCUT2D eigenvalue weighted by atomic mass is 127. The molecule has 0 aliphatic rings. The van der Waals surface area contributed by atoms with E-state index in [1.54, 1.807) is 13.1 Å². The van der Waals surface area contributed by atoms with Gasteiger partial charge in [-0.3, -0.25) is 9.67 Å². The van der Waals surface area contributed by atoms with Gasteiger partial charge in [0.05, 0.1) is 11.3 Å². The summed E-state index contributed by atoms with van der Waals surface area (Å²) in [7, 11) is 3.54. The molecule has 5 nitrogen and oxygen atoms in total. The maximum Gasteiger partial charge on any atom is 0.416 e. The molecular formula is C18H25F3IN5. The lowest BCUT2D eigenvalue weighted by Crippen LogP contribution is -2.38. The molecule has 0 saturated carbocycles. The first kappa shape index (κ1) is 23.3. The Labute approximate surface area is 174 Å². The van der Waals surface area contributed by atoms with Crippen molar-refractivity contribution in [3.8, 4) is 0 Å². The van der Waals surface area contributed by atoms with E-state index in [0.29, 0.717) is 18.1 Å². The molecule has 0 unspecified atom stereocenters. The summed E-state index contributed by atoms with van der Waals surface area (Å²) in [5.74, 6) is 0.543. The molecule has 0 fully saturated rings. The van der Waals surface area contributed by atoms with Crippen molar-refractivity contribution in [2.45, 2.75) is 33.0 Å². The molecule has 9 heteroatoms. The fourth-order valence-corrected chi connectivity index (χ4v) is 2.75. The van der Waals surface area contributed by atoms with Crippen LogP contribution < -0.4 is 10.6 Å². The van der Waals surface area contributed by atoms with E-state index in [9.17, 15) is 13.2 Å². The molecule has 0 saturated heterocycles. The number of nitrogens with one attached hydrogen (secondary N) is 2. The number of aromatic nitrogens is 2. The number of rotatable bonds is 5. The highest BCUT2D eigenvalue weighted by Crippen LogP contribution is 2.29. The predicted molar refractivity (Wildman–Crippen MR) is 111 cm³/mol. The molecule has 0 aliphatic carbocycles. The minimum Gasteiger partial charge on any atom is -0.356 e. The predicted octanol–water partition coefficient (Wildman–Crippen LogP) is 3.58. The van der Waals surface area contributed by atoms with E-state index in [4.69, 9.17) is 0 Å². The lowest BCUT2D eigenvalue weighted by molar-refractivity contribution is -0.137. The van der Waals surface area contributed by atoms with Gasteiger partial charge < -0.3 is 10.6 Å². The van der Waals surface area contributed by atoms with Crippen molar-refractivity contribution in [3.63, 3.8) is 0 Å². The monoisotopic (exact) mass is 495 g/mol. The van der Waals surface area contributed by atoms with Crippen LogP contribution in [0.15, 0.2) is 29.3 Å². The normalized spacial score (nSPS) is 11.9. The molecule has 2 aromatic rings. The van der Waals surface area contributed by atoms with E-state index < -0.39 is 11.7 Å². The number of nitrogens with zero attached hydrogens (tertiary/aromatic N) is 3. The number of alkyl halides is 3. The minimum atomic E-state index is -4.34. The molecule has 0 spiro atoms. The summed E-state index contributed by atoms with van der Waals surface area (Å²) in [6, 6.07) is 5.26. The molecule has 0 aliphatic heterocycles. The van der Waals surface area contributed by atoms with Crippen LogP contribution in [0.5, 0.6) is 0 Å². The van der Waals surface area contributed by atoms with Crippen LogP contribution in [0.2, 0.25) is 0 Å². The summed E-state index contributed by atoms with van der Waals surface area (Å²) in [6.07, 6.45) is -3.55. The van der Waals surface area contributed by atoms with Crippen LogP contribution in [0.3, 0.4) is 0 Å². The Morgan fingerprint density at radius 3 is 2.48 bits per heavy atom. The lowest BCUT2D eigenvalue weighted by Gasteiger charge is -2.13. The van der Waals surface area contributed by atoms with Gasteiger partial charge in [0.25, 0.3) is 0 Å². The highest BCUT2D eigenvalue weighted by Gasteiger charge is 2.30. The first-order chi connectivity index (χ1) is 12.2. The zero-order valence-corrected chi connectivity index (χ0v) is 18.1. The smallest absolute Gasteiger partial charge is 0.356 e. The summed E-state index contributed by atoms with van der Waals surface area (Å²) in [5, 5.41) is 10.6. The van der Waals surface area contributed by atoms with Crippen molar-refractivity contribution < 1.29 is 13.2 Å². The van der Waals surface area contributed by atoms with Gasteiger partial charge in [-0.15, -0.1) is 24.0 Å². The molecule has 150 valence electrons. The maximum absolute atomic E-state index is 12.8. The van der Waals surface area contributed by atoms with E-state index in [1.165, 1.54) is 11.6 Å². The Kier molecular flexibility index (Phi) is 8.58. The average Bonchev–Trinajstić information content (AvgIpc) is 2.83. The van der Waals surface area contributed by atoms with Gasteiger partial charge >= 0.3 is 6.18 Å². The number of guanidine groups is 1. The lowest BCUT2D eigenvalue weighted by atomic mass is 10.1. The molecule has 1 aromatic heterocycles. The van der Waals surface area contributed by atoms with Gasteiger partial charge in [0.15, 0.2) is 5.96 Å². The van der Waals surface area contributed by atoms with Crippen molar-refractivity contribution in [3.05, 3.63) is 52.3 Å². The van der Waals surface area contributed by atoms with E-state index in [-0.39, 0.29) is 30.5 Å². The standard InChI is InChI=1S/C18H24F3N5.HI/c1-12-16(13(2)26(4)25-12)8-9-23-17(22-3)24-11-14-6-5-7-15(10-14)18(19,20)21;/h5-7,10H,8-9,11H2,1-4H3,(H2,22,23,24);1H. The first-order valence-electron chi connectivity index (χ1n) is 8.32. The van der Waals surface area contributed by atoms with E-state index >= 15 is 0 Å². The van der Waals surface area contributed by atoms with Crippen molar-refractivity contribution in [1.82, 2.24) is 20.4 Å². The number of aliphatic imine (C=N–C) groups is 1. The molecule has 1 aromatic carbocycles. The number of halogens is 4. The second kappa shape index (κ2) is 9.95. The molecule has 27 heavy (non-hydrogen) atoms. The molecule has 0 amide bonds. The summed E-state index contributed by atoms with van der Waals surface area (Å²) < 4.78 is 40.1. The molecule has 1 heterocycles. The zero-order valence-electron chi connectivity index (χ0n) is 15.8. The first-order valence-corrected chi connectivity index (χ1v) is 8.32. The third kappa shape index (κ3) is 6.40. The van der Waals surface area contributed by atoms with Crippen LogP contribution in [0, 0.1) is 13.8 Å². The quantitative estimate of drug-likeness (QED) is 0.379. The SMILES string of the molecule is CN=C(NCCc1c(C)nn(C)c1C)NCc1cccc(C(F)(F)F)c1.I. The highest BCUT2D eigenvalue weighted by molar-refractivity contribution is 14.0. The number of hydrogen-bond donors (Lipinski definition) is 2. The van der Waals surface area contributed by atoms with Crippen LogP contribution >= 0.6 is 24.0 Å². The van der Waals surface area contributed by atoms with Gasteiger partial charge in [0, 0.05) is 32.9 Å². The van der Waals surface area contributed by atoms with Crippen molar-refractivity contribution >= 4 is 29.9 Å². The van der Waals surface area contributed by atoms with Crippen molar-refractivity contribution in [2.75, 3.05) is 13.6 Å². The average molecular weight is 495 g/mol. The van der Waals surface area contributed by atoms with Crippen LogP contribution in [-0.4, -0.2) is 29.3 Å². The topological polar surface area (TPSA) is 54.2 Å². The Balaban J connectivity index is 0.00000364. The van der Waals surface area contributed by atoms with Gasteiger partial charge in [-0.05, 0) is 43.5 Å². The van der Waals surface area contributed by atoms with Gasteiger partial charge in [-0.2, -0.15) is 18.3 Å². The van der Waals surface area contributed by atoms with Crippen LogP contribution in [0.25, 0.3) is 0 Å². The second-order valence-corrected chi connectivity index (χ2v) is 6.07. The minimum absolute atomic E-state index is 0. The maximum atomic E-state index is 12.8. The van der Waals surface area contributed by atoms with Crippen molar-refractivity contribution in [2.24, 2.45) is 12.0 Å². The molecule has 0 bridgehead atoms. The largest absolute Gasteiger partial charge is 0.416 e. The number of aryl methyl sites for hydroxylation is 2. The molecule has 2 rings (SSSR count). The van der Waals surface area contributed by atoms with Gasteiger partial charge in [-0.25, -0.2) is 0 Å². The van der Waals surface area contributed by atoms with Crippen molar-refractivity contribution in [1.29, 1.82) is 0 Å². The number of benzene rings is 1. The zero-order chi connectivity index (χ0) is 19.3. The third-order valence-electron chi connectivity index (χ3n) is 4.26.